The fraction of sp³-hybridized carbons (Fsp3) is 0.250. The van der Waals surface area contributed by atoms with E-state index < -0.39 is 6.23 Å². The number of allylic oxidation sites excluding steroid dienone is 1. The van der Waals surface area contributed by atoms with Gasteiger partial charge in [-0.3, -0.25) is 4.79 Å². The third kappa shape index (κ3) is 1.55. The zero-order valence-corrected chi connectivity index (χ0v) is 8.55. The molecule has 1 atom stereocenters. The van der Waals surface area contributed by atoms with Crippen molar-refractivity contribution in [2.75, 3.05) is 6.54 Å². The molecule has 0 fully saturated rings. The van der Waals surface area contributed by atoms with Crippen molar-refractivity contribution in [1.82, 2.24) is 4.90 Å². The van der Waals surface area contributed by atoms with Gasteiger partial charge in [0.2, 0.25) is 0 Å². The van der Waals surface area contributed by atoms with Crippen molar-refractivity contribution in [3.8, 4) is 0 Å². The largest absolute Gasteiger partial charge is 0.369 e. The Balaban J connectivity index is 2.32. The van der Waals surface area contributed by atoms with Gasteiger partial charge in [0.05, 0.1) is 0 Å². The lowest BCUT2D eigenvalue weighted by atomic mass is 10.1. The van der Waals surface area contributed by atoms with Crippen molar-refractivity contribution in [2.24, 2.45) is 0 Å². The zero-order valence-electron chi connectivity index (χ0n) is 8.55. The average molecular weight is 203 g/mol. The Morgan fingerprint density at radius 2 is 2.20 bits per heavy atom. The summed E-state index contributed by atoms with van der Waals surface area (Å²) >= 11 is 0. The summed E-state index contributed by atoms with van der Waals surface area (Å²) < 4.78 is 0. The number of benzene rings is 1. The number of fused-ring (bicyclic) bond motifs is 1. The van der Waals surface area contributed by atoms with E-state index in [0.29, 0.717) is 17.7 Å². The molecule has 78 valence electrons. The van der Waals surface area contributed by atoms with Gasteiger partial charge in [-0.05, 0) is 13.0 Å². The molecule has 1 amide bonds. The van der Waals surface area contributed by atoms with Gasteiger partial charge in [-0.2, -0.15) is 0 Å². The van der Waals surface area contributed by atoms with Crippen LogP contribution in [0.5, 0.6) is 0 Å². The second kappa shape index (κ2) is 3.87. The van der Waals surface area contributed by atoms with Crippen LogP contribution in [0, 0.1) is 0 Å². The molecule has 1 aliphatic heterocycles. The van der Waals surface area contributed by atoms with Crippen molar-refractivity contribution in [2.45, 2.75) is 13.2 Å². The molecule has 0 spiro atoms. The maximum atomic E-state index is 11.8. The number of amides is 1. The highest BCUT2D eigenvalue weighted by Gasteiger charge is 2.33. The number of hydrogen-bond acceptors (Lipinski definition) is 2. The monoisotopic (exact) mass is 203 g/mol. The summed E-state index contributed by atoms with van der Waals surface area (Å²) in [5.74, 6) is -0.101. The highest BCUT2D eigenvalue weighted by molar-refractivity contribution is 5.98. The summed E-state index contributed by atoms with van der Waals surface area (Å²) in [5.41, 5.74) is 1.31. The van der Waals surface area contributed by atoms with Crippen molar-refractivity contribution in [3.05, 3.63) is 47.5 Å². The molecular weight excluding hydrogens is 190 g/mol. The van der Waals surface area contributed by atoms with Crippen LogP contribution < -0.4 is 0 Å². The van der Waals surface area contributed by atoms with Gasteiger partial charge in [-0.25, -0.2) is 0 Å². The Labute approximate surface area is 88.6 Å². The third-order valence-electron chi connectivity index (χ3n) is 2.56. The van der Waals surface area contributed by atoms with Gasteiger partial charge in [0.1, 0.15) is 0 Å². The number of hydrogen-bond donors (Lipinski definition) is 1. The van der Waals surface area contributed by atoms with Gasteiger partial charge in [-0.1, -0.05) is 30.4 Å². The smallest absolute Gasteiger partial charge is 0.256 e. The minimum Gasteiger partial charge on any atom is -0.369 e. The fourth-order valence-electron chi connectivity index (χ4n) is 1.75. The molecule has 0 saturated carbocycles. The van der Waals surface area contributed by atoms with E-state index in [1.54, 1.807) is 12.1 Å². The van der Waals surface area contributed by atoms with Crippen LogP contribution >= 0.6 is 0 Å². The highest BCUT2D eigenvalue weighted by Crippen LogP contribution is 2.30. The minimum atomic E-state index is -0.801. The van der Waals surface area contributed by atoms with E-state index in [0.717, 1.165) is 0 Å². The molecular formula is C12H13NO2. The lowest BCUT2D eigenvalue weighted by Gasteiger charge is -2.18. The van der Waals surface area contributed by atoms with Crippen LogP contribution in [0.15, 0.2) is 36.4 Å². The molecule has 1 aliphatic rings. The van der Waals surface area contributed by atoms with Crippen molar-refractivity contribution >= 4 is 5.91 Å². The Morgan fingerprint density at radius 1 is 1.47 bits per heavy atom. The molecule has 0 saturated heterocycles. The van der Waals surface area contributed by atoms with E-state index in [-0.39, 0.29) is 5.91 Å². The predicted octanol–water partition coefficient (Wildman–Crippen LogP) is 1.71. The molecule has 0 radical (unpaired) electrons. The Morgan fingerprint density at radius 3 is 2.87 bits per heavy atom. The normalized spacial score (nSPS) is 20.0. The molecule has 1 aromatic carbocycles. The zero-order chi connectivity index (χ0) is 10.8. The van der Waals surface area contributed by atoms with Crippen LogP contribution in [-0.4, -0.2) is 22.5 Å². The fourth-order valence-corrected chi connectivity index (χ4v) is 1.75. The minimum absolute atomic E-state index is 0.101. The molecule has 15 heavy (non-hydrogen) atoms. The maximum Gasteiger partial charge on any atom is 0.256 e. The molecule has 3 nitrogen and oxygen atoms in total. The van der Waals surface area contributed by atoms with Crippen molar-refractivity contribution < 1.29 is 9.90 Å². The maximum absolute atomic E-state index is 11.8. The topological polar surface area (TPSA) is 40.5 Å². The number of rotatable bonds is 2. The van der Waals surface area contributed by atoms with Gasteiger partial charge in [0.25, 0.3) is 5.91 Å². The first-order valence-corrected chi connectivity index (χ1v) is 4.95. The van der Waals surface area contributed by atoms with Crippen LogP contribution in [0.2, 0.25) is 0 Å². The summed E-state index contributed by atoms with van der Waals surface area (Å²) in [5, 5.41) is 9.91. The molecule has 0 bridgehead atoms. The van der Waals surface area contributed by atoms with Crippen molar-refractivity contribution in [1.29, 1.82) is 0 Å². The summed E-state index contributed by atoms with van der Waals surface area (Å²) in [4.78, 5) is 13.3. The lowest BCUT2D eigenvalue weighted by Crippen LogP contribution is -2.27. The summed E-state index contributed by atoms with van der Waals surface area (Å²) in [6, 6.07) is 7.17. The molecule has 1 aromatic rings. The van der Waals surface area contributed by atoms with E-state index in [2.05, 4.69) is 0 Å². The van der Waals surface area contributed by atoms with Gasteiger partial charge < -0.3 is 10.0 Å². The van der Waals surface area contributed by atoms with E-state index in [1.807, 2.05) is 31.2 Å². The number of carbonyl (C=O) groups is 1. The number of aliphatic hydroxyl groups excluding tert-OH is 1. The van der Waals surface area contributed by atoms with E-state index >= 15 is 0 Å². The summed E-state index contributed by atoms with van der Waals surface area (Å²) in [6.07, 6.45) is 2.92. The first-order valence-electron chi connectivity index (χ1n) is 4.95. The second-order valence-corrected chi connectivity index (χ2v) is 3.49. The Bertz CT molecular complexity index is 412. The number of nitrogens with zero attached hydrogens (tertiary/aromatic N) is 1. The first-order chi connectivity index (χ1) is 7.25. The predicted molar refractivity (Wildman–Crippen MR) is 57.3 cm³/mol. The quantitative estimate of drug-likeness (QED) is 0.743. The average Bonchev–Trinajstić information content (AvgIpc) is 2.51. The van der Waals surface area contributed by atoms with Gasteiger partial charge in [0.15, 0.2) is 6.23 Å². The Kier molecular flexibility index (Phi) is 2.56. The van der Waals surface area contributed by atoms with Crippen LogP contribution in [-0.2, 0) is 0 Å². The standard InChI is InChI=1S/C12H13NO2/c1-2-3-8-13-11(14)9-6-4-5-7-10(9)12(13)15/h2-7,11,14H,8H2,1H3. The Hall–Kier alpha value is -1.61. The van der Waals surface area contributed by atoms with Crippen LogP contribution in [0.25, 0.3) is 0 Å². The SMILES string of the molecule is CC=CCN1C(=O)c2ccccc2C1O. The molecule has 3 heteroatoms. The van der Waals surface area contributed by atoms with Gasteiger partial charge in [0, 0.05) is 17.7 Å². The van der Waals surface area contributed by atoms with Gasteiger partial charge >= 0.3 is 0 Å². The van der Waals surface area contributed by atoms with Gasteiger partial charge in [-0.15, -0.1) is 0 Å². The lowest BCUT2D eigenvalue weighted by molar-refractivity contribution is 0.0232. The molecule has 1 heterocycles. The van der Waals surface area contributed by atoms with Crippen LogP contribution in [0.3, 0.4) is 0 Å². The van der Waals surface area contributed by atoms with E-state index in [9.17, 15) is 9.90 Å². The van der Waals surface area contributed by atoms with Crippen molar-refractivity contribution in [3.63, 3.8) is 0 Å². The first kappa shape index (κ1) is 9.93. The second-order valence-electron chi connectivity index (χ2n) is 3.49. The number of carbonyl (C=O) groups excluding carboxylic acids is 1. The van der Waals surface area contributed by atoms with Crippen LogP contribution in [0.1, 0.15) is 29.1 Å². The third-order valence-corrected chi connectivity index (χ3v) is 2.56. The molecule has 2 rings (SSSR count). The summed E-state index contributed by atoms with van der Waals surface area (Å²) in [7, 11) is 0. The molecule has 1 unspecified atom stereocenters. The number of aliphatic hydroxyl groups is 1. The van der Waals surface area contributed by atoms with E-state index in [4.69, 9.17) is 0 Å². The summed E-state index contributed by atoms with van der Waals surface area (Å²) in [6.45, 7) is 2.34. The van der Waals surface area contributed by atoms with E-state index in [1.165, 1.54) is 4.90 Å². The molecule has 0 aliphatic carbocycles. The van der Waals surface area contributed by atoms with Crippen LogP contribution in [0.4, 0.5) is 0 Å². The highest BCUT2D eigenvalue weighted by atomic mass is 16.3. The molecule has 0 aromatic heterocycles. The molecule has 1 N–H and O–H groups in total.